The fourth-order valence-electron chi connectivity index (χ4n) is 1.67. The Hall–Kier alpha value is -2.88. The van der Waals surface area contributed by atoms with Crippen molar-refractivity contribution in [3.05, 3.63) is 73.0 Å². The second-order valence-electron chi connectivity index (χ2n) is 4.74. The summed E-state index contributed by atoms with van der Waals surface area (Å²) in [4.78, 5) is 10.9. The smallest absolute Gasteiger partial charge is 0.335 e. The number of nitrogens with zero attached hydrogens (tertiary/aromatic N) is 1. The Morgan fingerprint density at radius 2 is 1.92 bits per heavy atom. The van der Waals surface area contributed by atoms with E-state index in [1.165, 1.54) is 6.07 Å². The third-order valence-corrected chi connectivity index (χ3v) is 2.96. The minimum atomic E-state index is -0.965. The van der Waals surface area contributed by atoms with Crippen molar-refractivity contribution in [3.63, 3.8) is 0 Å². The Morgan fingerprint density at radius 3 is 2.44 bits per heavy atom. The Kier molecular flexibility index (Phi) is 11.1. The molecule has 0 atom stereocenters. The minimum Gasteiger partial charge on any atom is -0.478 e. The maximum atomic E-state index is 10.9. The highest BCUT2D eigenvalue weighted by Gasteiger charge is 2.10. The van der Waals surface area contributed by atoms with Crippen molar-refractivity contribution >= 4 is 11.5 Å². The first-order valence-corrected chi connectivity index (χ1v) is 8.24. The van der Waals surface area contributed by atoms with Crippen LogP contribution in [-0.4, -0.2) is 16.2 Å². The standard InChI is InChI=1S/C15H13NO3.C4H8.C2H6/c1-3-5-10(2)14-9-13(16-19-14)11-6-4-7-12(8-11)15(17)18;1-3-4-2;1-2/h3-9H,1H2,2H3,(H,17,18);3H,1,4H2,2H3;1-2H3/b10-5+;;. The summed E-state index contributed by atoms with van der Waals surface area (Å²) in [6.45, 7) is 15.0. The predicted molar refractivity (Wildman–Crippen MR) is 105 cm³/mol. The molecule has 4 heteroatoms. The maximum Gasteiger partial charge on any atom is 0.335 e. The highest BCUT2D eigenvalue weighted by molar-refractivity contribution is 5.89. The maximum absolute atomic E-state index is 10.9. The summed E-state index contributed by atoms with van der Waals surface area (Å²) in [6, 6.07) is 8.35. The molecule has 0 radical (unpaired) electrons. The molecule has 0 amide bonds. The molecule has 4 nitrogen and oxygen atoms in total. The van der Waals surface area contributed by atoms with Crippen LogP contribution >= 0.6 is 0 Å². The van der Waals surface area contributed by atoms with E-state index in [9.17, 15) is 4.79 Å². The number of carboxylic acid groups (broad SMARTS) is 1. The molecule has 1 heterocycles. The summed E-state index contributed by atoms with van der Waals surface area (Å²) < 4.78 is 5.22. The molecule has 0 saturated carbocycles. The van der Waals surface area contributed by atoms with Crippen LogP contribution in [0.2, 0.25) is 0 Å². The highest BCUT2D eigenvalue weighted by atomic mass is 16.5. The van der Waals surface area contributed by atoms with Gasteiger partial charge in [-0.1, -0.05) is 62.9 Å². The number of allylic oxidation sites excluding steroid dienone is 4. The number of hydrogen-bond acceptors (Lipinski definition) is 3. The zero-order chi connectivity index (χ0) is 19.2. The number of hydrogen-bond donors (Lipinski definition) is 1. The molecule has 2 rings (SSSR count). The normalized spacial score (nSPS) is 9.84. The van der Waals surface area contributed by atoms with Gasteiger partial charge in [0.05, 0.1) is 5.56 Å². The third kappa shape index (κ3) is 7.48. The largest absolute Gasteiger partial charge is 0.478 e. The fourth-order valence-corrected chi connectivity index (χ4v) is 1.67. The lowest BCUT2D eigenvalue weighted by molar-refractivity contribution is 0.0697. The van der Waals surface area contributed by atoms with Crippen molar-refractivity contribution in [3.8, 4) is 11.3 Å². The molecule has 2 aromatic rings. The van der Waals surface area contributed by atoms with Crippen molar-refractivity contribution in [1.82, 2.24) is 5.16 Å². The first-order valence-electron chi connectivity index (χ1n) is 8.24. The van der Waals surface area contributed by atoms with Gasteiger partial charge in [-0.05, 0) is 31.1 Å². The lowest BCUT2D eigenvalue weighted by Gasteiger charge is -1.97. The summed E-state index contributed by atoms with van der Waals surface area (Å²) in [5.41, 5.74) is 2.44. The Balaban J connectivity index is 0.000000845. The zero-order valence-corrected chi connectivity index (χ0v) is 15.5. The van der Waals surface area contributed by atoms with Crippen molar-refractivity contribution in [1.29, 1.82) is 0 Å². The second-order valence-corrected chi connectivity index (χ2v) is 4.74. The van der Waals surface area contributed by atoms with E-state index >= 15 is 0 Å². The van der Waals surface area contributed by atoms with Crippen LogP contribution in [0.25, 0.3) is 16.8 Å². The molecule has 0 spiro atoms. The van der Waals surface area contributed by atoms with Crippen LogP contribution in [-0.2, 0) is 0 Å². The molecule has 0 saturated heterocycles. The molecule has 1 aromatic heterocycles. The second kappa shape index (κ2) is 12.5. The van der Waals surface area contributed by atoms with E-state index in [1.807, 2.05) is 32.9 Å². The molecule has 1 aromatic carbocycles. The number of aromatic nitrogens is 1. The summed E-state index contributed by atoms with van der Waals surface area (Å²) in [6.07, 6.45) is 6.44. The van der Waals surface area contributed by atoms with Gasteiger partial charge in [-0.25, -0.2) is 4.79 Å². The van der Waals surface area contributed by atoms with E-state index in [0.717, 1.165) is 12.0 Å². The molecular weight excluding hydrogens is 314 g/mol. The number of carbonyl (C=O) groups is 1. The molecule has 1 N–H and O–H groups in total. The number of aromatic carboxylic acids is 1. The van der Waals surface area contributed by atoms with Crippen LogP contribution < -0.4 is 0 Å². The minimum absolute atomic E-state index is 0.223. The van der Waals surface area contributed by atoms with Crippen LogP contribution in [0.4, 0.5) is 0 Å². The van der Waals surface area contributed by atoms with Crippen LogP contribution in [0, 0.1) is 0 Å². The van der Waals surface area contributed by atoms with Gasteiger partial charge >= 0.3 is 5.97 Å². The van der Waals surface area contributed by atoms with Gasteiger partial charge in [0, 0.05) is 11.6 Å². The van der Waals surface area contributed by atoms with Gasteiger partial charge in [0.15, 0.2) is 5.76 Å². The van der Waals surface area contributed by atoms with Crippen molar-refractivity contribution in [2.24, 2.45) is 0 Å². The molecule has 0 aliphatic heterocycles. The SMILES string of the molecule is C=C/C=C(\C)c1cc(-c2cccc(C(=O)O)c2)no1.C=CCC.CC. The first-order chi connectivity index (χ1) is 12.0. The predicted octanol–water partition coefficient (Wildman–Crippen LogP) is 6.24. The fraction of sp³-hybridized carbons (Fsp3) is 0.238. The molecule has 134 valence electrons. The van der Waals surface area contributed by atoms with Gasteiger partial charge in [0.1, 0.15) is 5.69 Å². The van der Waals surface area contributed by atoms with E-state index in [4.69, 9.17) is 9.63 Å². The Labute approximate surface area is 150 Å². The number of carboxylic acids is 1. The van der Waals surface area contributed by atoms with Gasteiger partial charge in [-0.3, -0.25) is 0 Å². The zero-order valence-electron chi connectivity index (χ0n) is 15.5. The summed E-state index contributed by atoms with van der Waals surface area (Å²) in [5.74, 6) is -0.330. The van der Waals surface area contributed by atoms with Crippen molar-refractivity contribution < 1.29 is 14.4 Å². The first kappa shape index (κ1) is 22.1. The average Bonchev–Trinajstić information content (AvgIpc) is 3.14. The average molecular weight is 341 g/mol. The Bertz CT molecular complexity index is 711. The Morgan fingerprint density at radius 1 is 1.28 bits per heavy atom. The molecule has 0 fully saturated rings. The summed E-state index contributed by atoms with van der Waals surface area (Å²) in [5, 5.41) is 12.9. The molecule has 0 unspecified atom stereocenters. The molecule has 0 aliphatic rings. The van der Waals surface area contributed by atoms with E-state index in [-0.39, 0.29) is 5.56 Å². The quantitative estimate of drug-likeness (QED) is 0.516. The number of benzene rings is 1. The van der Waals surface area contributed by atoms with Crippen LogP contribution in [0.15, 0.2) is 66.2 Å². The lowest BCUT2D eigenvalue weighted by Crippen LogP contribution is -1.95. The molecular formula is C21H27NO3. The summed E-state index contributed by atoms with van der Waals surface area (Å²) >= 11 is 0. The van der Waals surface area contributed by atoms with Crippen LogP contribution in [0.3, 0.4) is 0 Å². The van der Waals surface area contributed by atoms with Crippen LogP contribution in [0.5, 0.6) is 0 Å². The van der Waals surface area contributed by atoms with Gasteiger partial charge in [0.25, 0.3) is 0 Å². The molecule has 0 aliphatic carbocycles. The molecule has 25 heavy (non-hydrogen) atoms. The van der Waals surface area contributed by atoms with Gasteiger partial charge in [-0.2, -0.15) is 0 Å². The van der Waals surface area contributed by atoms with E-state index in [1.54, 1.807) is 30.3 Å². The van der Waals surface area contributed by atoms with Crippen molar-refractivity contribution in [2.45, 2.75) is 34.1 Å². The lowest BCUT2D eigenvalue weighted by atomic mass is 10.1. The van der Waals surface area contributed by atoms with Gasteiger partial charge in [0.2, 0.25) is 0 Å². The summed E-state index contributed by atoms with van der Waals surface area (Å²) in [7, 11) is 0. The van der Waals surface area contributed by atoms with E-state index in [2.05, 4.69) is 25.2 Å². The van der Waals surface area contributed by atoms with Gasteiger partial charge < -0.3 is 9.63 Å². The van der Waals surface area contributed by atoms with Gasteiger partial charge in [-0.15, -0.1) is 6.58 Å². The highest BCUT2D eigenvalue weighted by Crippen LogP contribution is 2.23. The monoisotopic (exact) mass is 341 g/mol. The molecule has 0 bridgehead atoms. The third-order valence-electron chi connectivity index (χ3n) is 2.96. The van der Waals surface area contributed by atoms with Crippen molar-refractivity contribution in [2.75, 3.05) is 0 Å². The van der Waals surface area contributed by atoms with E-state index < -0.39 is 5.97 Å². The number of rotatable bonds is 5. The van der Waals surface area contributed by atoms with E-state index in [0.29, 0.717) is 17.0 Å². The van der Waals surface area contributed by atoms with Crippen LogP contribution in [0.1, 0.15) is 50.2 Å². The topological polar surface area (TPSA) is 63.3 Å².